The Balaban J connectivity index is 2.55. The first kappa shape index (κ1) is 17.1. The molecular weight excluding hydrogens is 300 g/mol. The molecular formula is C17H20O6. The van der Waals surface area contributed by atoms with Gasteiger partial charge in [-0.3, -0.25) is 4.79 Å². The van der Waals surface area contributed by atoms with Crippen molar-refractivity contribution in [2.75, 3.05) is 14.2 Å². The topological polar surface area (TPSA) is 82.2 Å². The zero-order valence-electron chi connectivity index (χ0n) is 13.5. The number of hydrogen-bond acceptors (Lipinski definition) is 6. The fourth-order valence-electron chi connectivity index (χ4n) is 2.81. The van der Waals surface area contributed by atoms with Crippen LogP contribution in [0.15, 0.2) is 30.3 Å². The molecule has 1 saturated heterocycles. The first-order valence-corrected chi connectivity index (χ1v) is 7.47. The normalized spacial score (nSPS) is 21.3. The van der Waals surface area contributed by atoms with Gasteiger partial charge in [-0.05, 0) is 12.0 Å². The lowest BCUT2D eigenvalue weighted by atomic mass is 9.81. The number of ketones is 1. The van der Waals surface area contributed by atoms with Gasteiger partial charge in [-0.1, -0.05) is 43.7 Å². The monoisotopic (exact) mass is 320 g/mol. The van der Waals surface area contributed by atoms with Gasteiger partial charge in [0.15, 0.2) is 5.78 Å². The number of hydrogen-bond donors (Lipinski definition) is 0. The zero-order chi connectivity index (χ0) is 17.1. The van der Waals surface area contributed by atoms with E-state index in [0.717, 1.165) is 20.6 Å². The van der Waals surface area contributed by atoms with E-state index in [9.17, 15) is 14.4 Å². The molecule has 0 bridgehead atoms. The number of methoxy groups -OCH3 is 2. The van der Waals surface area contributed by atoms with Crippen LogP contribution in [-0.4, -0.2) is 37.5 Å². The van der Waals surface area contributed by atoms with Crippen molar-refractivity contribution >= 4 is 17.7 Å². The number of carbonyl (C=O) groups excluding carboxylic acids is 3. The van der Waals surface area contributed by atoms with Crippen LogP contribution in [0.1, 0.15) is 31.7 Å². The van der Waals surface area contributed by atoms with Crippen molar-refractivity contribution in [2.24, 2.45) is 0 Å². The molecule has 124 valence electrons. The van der Waals surface area contributed by atoms with Crippen molar-refractivity contribution in [2.45, 2.75) is 37.4 Å². The Morgan fingerprint density at radius 3 is 2.09 bits per heavy atom. The van der Waals surface area contributed by atoms with E-state index in [-0.39, 0.29) is 12.2 Å². The summed E-state index contributed by atoms with van der Waals surface area (Å²) in [7, 11) is 2.28. The van der Waals surface area contributed by atoms with E-state index in [1.54, 1.807) is 30.3 Å². The Hall–Kier alpha value is -2.21. The maximum atomic E-state index is 12.8. The Bertz CT molecular complexity index is 593. The van der Waals surface area contributed by atoms with E-state index in [1.807, 2.05) is 6.92 Å². The lowest BCUT2D eigenvalue weighted by Gasteiger charge is -2.16. The third-order valence-electron chi connectivity index (χ3n) is 4.04. The van der Waals surface area contributed by atoms with Gasteiger partial charge in [0.2, 0.25) is 5.60 Å². The van der Waals surface area contributed by atoms with Gasteiger partial charge in [0.05, 0.1) is 14.2 Å². The molecule has 0 amide bonds. The maximum absolute atomic E-state index is 12.8. The molecule has 0 aliphatic carbocycles. The van der Waals surface area contributed by atoms with Crippen molar-refractivity contribution in [1.29, 1.82) is 0 Å². The van der Waals surface area contributed by atoms with Gasteiger partial charge >= 0.3 is 17.5 Å². The first-order valence-electron chi connectivity index (χ1n) is 7.47. The van der Waals surface area contributed by atoms with E-state index in [1.165, 1.54) is 0 Å². The van der Waals surface area contributed by atoms with Crippen molar-refractivity contribution in [3.8, 4) is 0 Å². The molecule has 23 heavy (non-hydrogen) atoms. The van der Waals surface area contributed by atoms with Crippen LogP contribution in [0.2, 0.25) is 0 Å². The van der Waals surface area contributed by atoms with Crippen molar-refractivity contribution in [3.63, 3.8) is 0 Å². The number of epoxide rings is 1. The lowest BCUT2D eigenvalue weighted by molar-refractivity contribution is -0.161. The summed E-state index contributed by atoms with van der Waals surface area (Å²) in [5, 5.41) is 0. The van der Waals surface area contributed by atoms with Gasteiger partial charge in [0.1, 0.15) is 0 Å². The summed E-state index contributed by atoms with van der Waals surface area (Å²) in [6.45, 7) is 1.95. The van der Waals surface area contributed by atoms with Gasteiger partial charge in [0, 0.05) is 6.42 Å². The Morgan fingerprint density at radius 2 is 1.61 bits per heavy atom. The van der Waals surface area contributed by atoms with E-state index in [4.69, 9.17) is 14.2 Å². The molecule has 2 rings (SSSR count). The lowest BCUT2D eigenvalue weighted by Crippen LogP contribution is -2.45. The highest BCUT2D eigenvalue weighted by molar-refractivity contribution is 6.16. The average Bonchev–Trinajstić information content (AvgIpc) is 3.31. The molecule has 0 unspecified atom stereocenters. The molecule has 1 fully saturated rings. The molecule has 1 aliphatic rings. The number of Topliss-reactive ketones (excluding diaryl/α,β-unsaturated/α-hetero) is 1. The van der Waals surface area contributed by atoms with Crippen molar-refractivity contribution < 1.29 is 28.6 Å². The summed E-state index contributed by atoms with van der Waals surface area (Å²) in [5.74, 6) is -2.20. The number of unbranched alkanes of at least 4 members (excludes halogenated alkanes) is 1. The van der Waals surface area contributed by atoms with Gasteiger partial charge in [-0.15, -0.1) is 0 Å². The Labute approximate surface area is 134 Å². The van der Waals surface area contributed by atoms with Crippen LogP contribution in [0.4, 0.5) is 0 Å². The molecule has 1 aliphatic heterocycles. The number of rotatable bonds is 7. The van der Waals surface area contributed by atoms with E-state index in [0.29, 0.717) is 12.0 Å². The molecule has 6 heteroatoms. The van der Waals surface area contributed by atoms with E-state index in [2.05, 4.69) is 0 Å². The highest BCUT2D eigenvalue weighted by atomic mass is 16.7. The fraction of sp³-hybridized carbons (Fsp3) is 0.471. The van der Waals surface area contributed by atoms with Crippen LogP contribution in [-0.2, 0) is 34.2 Å². The minimum absolute atomic E-state index is 0.196. The molecule has 0 aromatic heterocycles. The summed E-state index contributed by atoms with van der Waals surface area (Å²) < 4.78 is 15.0. The predicted octanol–water partition coefficient (Wildman–Crippen LogP) is 1.76. The molecule has 0 radical (unpaired) electrons. The molecule has 1 aromatic carbocycles. The van der Waals surface area contributed by atoms with Crippen LogP contribution in [0.5, 0.6) is 0 Å². The second-order valence-corrected chi connectivity index (χ2v) is 5.34. The minimum atomic E-state index is -2.07. The van der Waals surface area contributed by atoms with Crippen molar-refractivity contribution in [1.82, 2.24) is 0 Å². The Morgan fingerprint density at radius 1 is 1.04 bits per heavy atom. The summed E-state index contributed by atoms with van der Waals surface area (Å²) in [4.78, 5) is 37.3. The molecule has 6 nitrogen and oxygen atoms in total. The number of ether oxygens (including phenoxy) is 3. The van der Waals surface area contributed by atoms with E-state index >= 15 is 0 Å². The van der Waals surface area contributed by atoms with Crippen molar-refractivity contribution in [3.05, 3.63) is 35.9 Å². The van der Waals surface area contributed by atoms with Gasteiger partial charge in [-0.2, -0.15) is 0 Å². The van der Waals surface area contributed by atoms with Crippen LogP contribution in [0.25, 0.3) is 0 Å². The molecule has 0 N–H and O–H groups in total. The maximum Gasteiger partial charge on any atom is 0.354 e. The number of esters is 2. The summed E-state index contributed by atoms with van der Waals surface area (Å²) in [6, 6.07) is 8.50. The van der Waals surface area contributed by atoms with Crippen LogP contribution >= 0.6 is 0 Å². The highest BCUT2D eigenvalue weighted by Gasteiger charge is 2.85. The second kappa shape index (κ2) is 6.50. The number of benzene rings is 1. The predicted molar refractivity (Wildman–Crippen MR) is 80.5 cm³/mol. The summed E-state index contributed by atoms with van der Waals surface area (Å²) >= 11 is 0. The first-order chi connectivity index (χ1) is 11.0. The third-order valence-corrected chi connectivity index (χ3v) is 4.04. The number of carbonyl (C=O) groups is 3. The molecule has 1 atom stereocenters. The largest absolute Gasteiger partial charge is 0.466 e. The van der Waals surface area contributed by atoms with Gasteiger partial charge in [-0.25, -0.2) is 9.59 Å². The minimum Gasteiger partial charge on any atom is -0.466 e. The third kappa shape index (κ3) is 2.43. The average molecular weight is 320 g/mol. The standard InChI is InChI=1S/C17H20O6/c1-4-5-11-13(18)16(12-9-7-6-8-10-12)17(23-16,14(19)21-2)15(20)22-3/h6-10H,4-5,11H2,1-3H3/t16-/m1/s1. The highest BCUT2D eigenvalue weighted by Crippen LogP contribution is 2.58. The molecule has 0 saturated carbocycles. The fourth-order valence-corrected chi connectivity index (χ4v) is 2.81. The second-order valence-electron chi connectivity index (χ2n) is 5.34. The van der Waals surface area contributed by atoms with Gasteiger partial charge in [0.25, 0.3) is 0 Å². The van der Waals surface area contributed by atoms with Gasteiger partial charge < -0.3 is 14.2 Å². The molecule has 1 heterocycles. The smallest absolute Gasteiger partial charge is 0.354 e. The summed E-state index contributed by atoms with van der Waals surface area (Å²) in [5.41, 5.74) is -3.30. The zero-order valence-corrected chi connectivity index (χ0v) is 13.5. The molecule has 1 aromatic rings. The van der Waals surface area contributed by atoms with Crippen LogP contribution in [0.3, 0.4) is 0 Å². The van der Waals surface area contributed by atoms with Crippen LogP contribution in [0, 0.1) is 0 Å². The quantitative estimate of drug-likeness (QED) is 0.432. The van der Waals surface area contributed by atoms with E-state index < -0.39 is 23.1 Å². The SMILES string of the molecule is CCCCC(=O)[C@@]1(c2ccccc2)OC1(C(=O)OC)C(=O)OC. The van der Waals surface area contributed by atoms with Crippen LogP contribution < -0.4 is 0 Å². The Kier molecular flexibility index (Phi) is 4.85. The summed E-state index contributed by atoms with van der Waals surface area (Å²) in [6.07, 6.45) is 1.64. The molecule has 0 spiro atoms.